The average molecular weight is 525 g/mol. The average Bonchev–Trinajstić information content (AvgIpc) is 2.45. The summed E-state index contributed by atoms with van der Waals surface area (Å²) in [7, 11) is 34.0. The van der Waals surface area contributed by atoms with E-state index in [1.54, 1.807) is 0 Å². The highest BCUT2D eigenvalue weighted by molar-refractivity contribution is 5.88. The first-order valence-corrected chi connectivity index (χ1v) is 10.6. The van der Waals surface area contributed by atoms with Gasteiger partial charge in [0, 0.05) is 0 Å². The standard InChI is InChI=1S/4C4H12N.2C4H4O4/c4*1-5(2,3)4;2*5-3(6)1-2-4(7)8/h4*1-4H3;2*1-2H,(H,5,6)(H,7,8)/q4*+1;;/p-4/b;;;;2*2-1-. The van der Waals surface area contributed by atoms with Crippen molar-refractivity contribution in [2.45, 2.75) is 0 Å². The topological polar surface area (TPSA) is 161 Å². The molecule has 0 bridgehead atoms. The normalized spacial score (nSPS) is 10.9. The number of hydrogen-bond donors (Lipinski definition) is 0. The molecular weight excluding hydrogens is 472 g/mol. The first kappa shape index (κ1) is 46.5. The van der Waals surface area contributed by atoms with E-state index in [-0.39, 0.29) is 0 Å². The Kier molecular flexibility index (Phi) is 29.3. The van der Waals surface area contributed by atoms with Crippen LogP contribution in [0.2, 0.25) is 0 Å². The number of carboxylic acid groups (broad SMARTS) is 4. The number of hydrogen-bond acceptors (Lipinski definition) is 8. The smallest absolute Gasteiger partial charge is 0.0675 e. The van der Waals surface area contributed by atoms with E-state index in [0.29, 0.717) is 24.3 Å². The number of carbonyl (C=O) groups excluding carboxylic acids is 4. The van der Waals surface area contributed by atoms with Crippen LogP contribution in [0.5, 0.6) is 0 Å². The molecule has 0 fully saturated rings. The van der Waals surface area contributed by atoms with Gasteiger partial charge in [0.15, 0.2) is 0 Å². The Bertz CT molecular complexity index is 524. The van der Waals surface area contributed by atoms with Gasteiger partial charge in [0.25, 0.3) is 0 Å². The fourth-order valence-electron chi connectivity index (χ4n) is 0.272. The van der Waals surface area contributed by atoms with Gasteiger partial charge in [-0.3, -0.25) is 0 Å². The molecule has 0 N–H and O–H groups in total. The summed E-state index contributed by atoms with van der Waals surface area (Å²) in [5, 5.41) is 37.7. The third-order valence-electron chi connectivity index (χ3n) is 0.711. The molecule has 0 aliphatic heterocycles. The number of carbonyl (C=O) groups is 4. The Morgan fingerprint density at radius 1 is 0.333 bits per heavy atom. The lowest BCUT2D eigenvalue weighted by Gasteiger charge is -2.14. The number of quaternary nitrogens is 4. The summed E-state index contributed by atoms with van der Waals surface area (Å²) >= 11 is 0. The molecule has 36 heavy (non-hydrogen) atoms. The van der Waals surface area contributed by atoms with Gasteiger partial charge in [-0.15, -0.1) is 0 Å². The van der Waals surface area contributed by atoms with Crippen molar-refractivity contribution in [2.75, 3.05) is 113 Å². The lowest BCUT2D eigenvalue weighted by Crippen LogP contribution is -2.27. The van der Waals surface area contributed by atoms with Crippen molar-refractivity contribution < 1.29 is 57.5 Å². The Balaban J connectivity index is -0.0000000762. The van der Waals surface area contributed by atoms with Gasteiger partial charge in [-0.1, -0.05) is 0 Å². The van der Waals surface area contributed by atoms with Crippen LogP contribution in [0.4, 0.5) is 0 Å². The molecule has 12 heteroatoms. The van der Waals surface area contributed by atoms with E-state index in [4.69, 9.17) is 0 Å². The van der Waals surface area contributed by atoms with Crippen molar-refractivity contribution in [3.63, 3.8) is 0 Å². The van der Waals surface area contributed by atoms with E-state index < -0.39 is 23.9 Å². The van der Waals surface area contributed by atoms with Gasteiger partial charge >= 0.3 is 0 Å². The first-order valence-electron chi connectivity index (χ1n) is 10.6. The van der Waals surface area contributed by atoms with E-state index in [9.17, 15) is 39.6 Å². The van der Waals surface area contributed by atoms with Crippen LogP contribution in [0.25, 0.3) is 0 Å². The molecule has 0 aliphatic carbocycles. The van der Waals surface area contributed by atoms with E-state index >= 15 is 0 Å². The molecule has 0 unspecified atom stereocenters. The van der Waals surface area contributed by atoms with Crippen LogP contribution in [0.1, 0.15) is 0 Å². The SMILES string of the molecule is C[N+](C)(C)C.C[N+](C)(C)C.C[N+](C)(C)C.C[N+](C)(C)C.O=C([O-])/C=C\C(=O)[O-].O=C([O-])/C=C\C(=O)[O-]. The summed E-state index contributed by atoms with van der Waals surface area (Å²) in [6, 6.07) is 0. The molecule has 0 atom stereocenters. The largest absolute Gasteiger partial charge is 0.545 e. The summed E-state index contributed by atoms with van der Waals surface area (Å²) in [6.45, 7) is 0. The fraction of sp³-hybridized carbons (Fsp3) is 0.667. The molecule has 0 radical (unpaired) electrons. The molecular formula is C24H52N4O8. The highest BCUT2D eigenvalue weighted by atomic mass is 16.4. The third-order valence-corrected chi connectivity index (χ3v) is 0.711. The number of rotatable bonds is 4. The molecule has 0 aromatic rings. The molecule has 0 aromatic heterocycles. The quantitative estimate of drug-likeness (QED) is 0.262. The van der Waals surface area contributed by atoms with Crippen LogP contribution in [-0.4, -0.2) is 155 Å². The zero-order chi connectivity index (χ0) is 31.1. The predicted octanol–water partition coefficient (Wildman–Crippen LogP) is -4.63. The van der Waals surface area contributed by atoms with E-state index in [1.165, 1.54) is 0 Å². The maximum absolute atomic E-state index is 9.41. The van der Waals surface area contributed by atoms with Gasteiger partial charge in [-0.2, -0.15) is 0 Å². The third kappa shape index (κ3) is 549. The lowest BCUT2D eigenvalue weighted by atomic mass is 10.5. The second-order valence-corrected chi connectivity index (χ2v) is 12.7. The lowest BCUT2D eigenvalue weighted by molar-refractivity contribution is -0.849. The monoisotopic (exact) mass is 524 g/mol. The van der Waals surface area contributed by atoms with Crippen LogP contribution < -0.4 is 20.4 Å². The Morgan fingerprint density at radius 2 is 0.389 bits per heavy atom. The van der Waals surface area contributed by atoms with Gasteiger partial charge in [-0.05, 0) is 24.3 Å². The number of nitrogens with zero attached hydrogens (tertiary/aromatic N) is 4. The van der Waals surface area contributed by atoms with E-state index in [0.717, 1.165) is 17.9 Å². The van der Waals surface area contributed by atoms with E-state index in [1.807, 2.05) is 0 Å². The summed E-state index contributed by atoms with van der Waals surface area (Å²) in [5.74, 6) is -6.19. The van der Waals surface area contributed by atoms with E-state index in [2.05, 4.69) is 113 Å². The van der Waals surface area contributed by atoms with Crippen molar-refractivity contribution in [1.29, 1.82) is 0 Å². The van der Waals surface area contributed by atoms with Gasteiger partial charge in [0.1, 0.15) is 0 Å². The summed E-state index contributed by atoms with van der Waals surface area (Å²) in [4.78, 5) is 37.7. The zero-order valence-electron chi connectivity index (χ0n) is 25.4. The zero-order valence-corrected chi connectivity index (χ0v) is 25.4. The van der Waals surface area contributed by atoms with Crippen molar-refractivity contribution in [2.24, 2.45) is 0 Å². The maximum Gasteiger partial charge on any atom is 0.0675 e. The fourth-order valence-corrected chi connectivity index (χ4v) is 0.272. The predicted molar refractivity (Wildman–Crippen MR) is 134 cm³/mol. The van der Waals surface area contributed by atoms with Gasteiger partial charge < -0.3 is 57.5 Å². The van der Waals surface area contributed by atoms with Gasteiger partial charge in [0.05, 0.1) is 137 Å². The second kappa shape index (κ2) is 22.7. The maximum atomic E-state index is 9.41. The molecule has 0 aromatic carbocycles. The minimum Gasteiger partial charge on any atom is -0.545 e. The van der Waals surface area contributed by atoms with Crippen molar-refractivity contribution in [1.82, 2.24) is 0 Å². The van der Waals surface area contributed by atoms with Crippen LogP contribution >= 0.6 is 0 Å². The minimum atomic E-state index is -1.55. The van der Waals surface area contributed by atoms with Gasteiger partial charge in [-0.25, -0.2) is 0 Å². The van der Waals surface area contributed by atoms with Crippen LogP contribution in [0.15, 0.2) is 24.3 Å². The molecule has 0 aliphatic rings. The Hall–Kier alpha value is -2.80. The first-order chi connectivity index (χ1) is 15.3. The highest BCUT2D eigenvalue weighted by Crippen LogP contribution is 1.75. The molecule has 0 saturated carbocycles. The van der Waals surface area contributed by atoms with Crippen LogP contribution in [0, 0.1) is 0 Å². The summed E-state index contributed by atoms with van der Waals surface area (Å²) in [5.41, 5.74) is 0. The molecule has 0 saturated heterocycles. The molecule has 0 heterocycles. The minimum absolute atomic E-state index is 0.384. The number of carboxylic acids is 4. The number of aliphatic carboxylic acids is 4. The van der Waals surface area contributed by atoms with Crippen LogP contribution in [-0.2, 0) is 19.2 Å². The Morgan fingerprint density at radius 3 is 0.417 bits per heavy atom. The van der Waals surface area contributed by atoms with Crippen LogP contribution in [0.3, 0.4) is 0 Å². The molecule has 0 amide bonds. The highest BCUT2D eigenvalue weighted by Gasteiger charge is 1.89. The van der Waals surface area contributed by atoms with Gasteiger partial charge in [0.2, 0.25) is 0 Å². The Labute approximate surface area is 218 Å². The second-order valence-electron chi connectivity index (χ2n) is 12.7. The summed E-state index contributed by atoms with van der Waals surface area (Å²) in [6.07, 6.45) is 1.54. The summed E-state index contributed by atoms with van der Waals surface area (Å²) < 4.78 is 4.00. The molecule has 0 spiro atoms. The van der Waals surface area contributed by atoms with Crippen molar-refractivity contribution in [3.8, 4) is 0 Å². The molecule has 12 nitrogen and oxygen atoms in total. The van der Waals surface area contributed by atoms with Crippen molar-refractivity contribution in [3.05, 3.63) is 24.3 Å². The molecule has 216 valence electrons. The molecule has 0 rings (SSSR count). The van der Waals surface area contributed by atoms with Crippen molar-refractivity contribution >= 4 is 23.9 Å².